The molecule has 0 N–H and O–H groups in total. The number of hydrogen-bond donors (Lipinski definition) is 0. The molecule has 6 heteroatoms. The van der Waals surface area contributed by atoms with Crippen LogP contribution in [0.15, 0.2) is 70.3 Å². The van der Waals surface area contributed by atoms with Crippen LogP contribution in [0.5, 0.6) is 17.2 Å². The summed E-state index contributed by atoms with van der Waals surface area (Å²) in [5.74, 6) is 1.09. The van der Waals surface area contributed by atoms with Crippen molar-refractivity contribution in [3.63, 3.8) is 0 Å². The van der Waals surface area contributed by atoms with Crippen LogP contribution in [0.3, 0.4) is 0 Å². The van der Waals surface area contributed by atoms with Crippen LogP contribution >= 0.6 is 0 Å². The SMILES string of the molecule is COc1cc(-n2c(=O)c3ccccc3c3ccccc3c2=O)cc(OC)c1OC. The molecule has 0 radical (unpaired) electrons. The zero-order chi connectivity index (χ0) is 20.5. The van der Waals surface area contributed by atoms with Crippen molar-refractivity contribution < 1.29 is 14.2 Å². The van der Waals surface area contributed by atoms with Gasteiger partial charge in [0.2, 0.25) is 5.75 Å². The Kier molecular flexibility index (Phi) is 4.68. The summed E-state index contributed by atoms with van der Waals surface area (Å²) in [5, 5.41) is 2.33. The summed E-state index contributed by atoms with van der Waals surface area (Å²) < 4.78 is 17.3. The van der Waals surface area contributed by atoms with Gasteiger partial charge in [0.05, 0.1) is 27.0 Å². The molecular weight excluding hydrogens is 370 g/mol. The molecule has 0 aliphatic carbocycles. The van der Waals surface area contributed by atoms with Crippen molar-refractivity contribution in [1.29, 1.82) is 0 Å². The van der Waals surface area contributed by atoms with Gasteiger partial charge in [0.25, 0.3) is 11.1 Å². The second-order valence-corrected chi connectivity index (χ2v) is 6.42. The van der Waals surface area contributed by atoms with E-state index in [0.717, 1.165) is 15.3 Å². The lowest BCUT2D eigenvalue weighted by atomic mass is 10.1. The Morgan fingerprint density at radius 3 is 1.41 bits per heavy atom. The highest BCUT2D eigenvalue weighted by atomic mass is 16.5. The molecule has 0 unspecified atom stereocenters. The number of hydrogen-bond acceptors (Lipinski definition) is 5. The topological polar surface area (TPSA) is 66.8 Å². The maximum atomic E-state index is 13.5. The van der Waals surface area contributed by atoms with Gasteiger partial charge in [0.1, 0.15) is 0 Å². The van der Waals surface area contributed by atoms with Gasteiger partial charge in [-0.25, -0.2) is 4.57 Å². The minimum absolute atomic E-state index is 0.334. The molecule has 0 saturated carbocycles. The predicted octanol–water partition coefficient (Wildman–Crippen LogP) is 3.53. The highest BCUT2D eigenvalue weighted by molar-refractivity contribution is 6.05. The Balaban J connectivity index is 2.24. The predicted molar refractivity (Wildman–Crippen MR) is 113 cm³/mol. The lowest BCUT2D eigenvalue weighted by Crippen LogP contribution is -2.28. The highest BCUT2D eigenvalue weighted by Gasteiger charge is 2.18. The van der Waals surface area contributed by atoms with E-state index in [0.29, 0.717) is 33.7 Å². The first-order valence-corrected chi connectivity index (χ1v) is 8.98. The van der Waals surface area contributed by atoms with Crippen molar-refractivity contribution in [2.24, 2.45) is 0 Å². The second-order valence-electron chi connectivity index (χ2n) is 6.42. The first-order chi connectivity index (χ1) is 14.1. The third kappa shape index (κ3) is 2.89. The smallest absolute Gasteiger partial charge is 0.265 e. The molecule has 29 heavy (non-hydrogen) atoms. The Bertz CT molecular complexity index is 1260. The molecule has 1 heterocycles. The van der Waals surface area contributed by atoms with Crippen molar-refractivity contribution in [2.45, 2.75) is 0 Å². The van der Waals surface area contributed by atoms with Crippen LogP contribution in [0.4, 0.5) is 0 Å². The van der Waals surface area contributed by atoms with Gasteiger partial charge in [-0.1, -0.05) is 36.4 Å². The Hall–Kier alpha value is -3.80. The number of benzene rings is 3. The minimum atomic E-state index is -0.420. The zero-order valence-electron chi connectivity index (χ0n) is 16.3. The van der Waals surface area contributed by atoms with Crippen molar-refractivity contribution in [3.8, 4) is 22.9 Å². The first-order valence-electron chi connectivity index (χ1n) is 8.98. The molecule has 0 aliphatic rings. The van der Waals surface area contributed by atoms with E-state index in [-0.39, 0.29) is 0 Å². The monoisotopic (exact) mass is 389 g/mol. The molecule has 4 aromatic rings. The molecule has 0 saturated heterocycles. The van der Waals surface area contributed by atoms with Crippen LogP contribution in [-0.4, -0.2) is 25.9 Å². The van der Waals surface area contributed by atoms with Crippen LogP contribution in [0.25, 0.3) is 27.2 Å². The fourth-order valence-corrected chi connectivity index (χ4v) is 3.57. The van der Waals surface area contributed by atoms with E-state index < -0.39 is 11.1 Å². The molecule has 0 aliphatic heterocycles. The molecule has 6 nitrogen and oxygen atoms in total. The maximum absolute atomic E-state index is 13.5. The molecule has 0 spiro atoms. The summed E-state index contributed by atoms with van der Waals surface area (Å²) in [6, 6.07) is 17.6. The van der Waals surface area contributed by atoms with Gasteiger partial charge in [-0.15, -0.1) is 0 Å². The van der Waals surface area contributed by atoms with Gasteiger partial charge in [-0.3, -0.25) is 9.59 Å². The Morgan fingerprint density at radius 1 is 0.621 bits per heavy atom. The van der Waals surface area contributed by atoms with E-state index in [1.807, 2.05) is 24.3 Å². The van der Waals surface area contributed by atoms with Gasteiger partial charge < -0.3 is 14.2 Å². The van der Waals surface area contributed by atoms with Crippen molar-refractivity contribution in [3.05, 3.63) is 81.4 Å². The van der Waals surface area contributed by atoms with E-state index >= 15 is 0 Å². The van der Waals surface area contributed by atoms with Crippen LogP contribution < -0.4 is 25.3 Å². The normalized spacial score (nSPS) is 10.9. The third-order valence-electron chi connectivity index (χ3n) is 4.92. The quantitative estimate of drug-likeness (QED) is 0.534. The second kappa shape index (κ2) is 7.31. The number of nitrogens with zero attached hydrogens (tertiary/aromatic N) is 1. The van der Waals surface area contributed by atoms with Gasteiger partial charge in [-0.2, -0.15) is 0 Å². The summed E-state index contributed by atoms with van der Waals surface area (Å²) >= 11 is 0. The lowest BCUT2D eigenvalue weighted by Gasteiger charge is -2.14. The van der Waals surface area contributed by atoms with Gasteiger partial charge >= 0.3 is 0 Å². The van der Waals surface area contributed by atoms with Crippen molar-refractivity contribution >= 4 is 21.5 Å². The minimum Gasteiger partial charge on any atom is -0.493 e. The van der Waals surface area contributed by atoms with E-state index in [4.69, 9.17) is 14.2 Å². The number of methoxy groups -OCH3 is 3. The van der Waals surface area contributed by atoms with Crippen molar-refractivity contribution in [2.75, 3.05) is 21.3 Å². The molecule has 0 atom stereocenters. The van der Waals surface area contributed by atoms with E-state index in [2.05, 4.69) is 0 Å². The molecule has 146 valence electrons. The summed E-state index contributed by atoms with van der Waals surface area (Å²) in [6.45, 7) is 0. The molecule has 0 amide bonds. The summed E-state index contributed by atoms with van der Waals surface area (Å²) in [6.07, 6.45) is 0. The highest BCUT2D eigenvalue weighted by Crippen LogP contribution is 2.39. The van der Waals surface area contributed by atoms with Crippen LogP contribution in [0, 0.1) is 0 Å². The fourth-order valence-electron chi connectivity index (χ4n) is 3.57. The number of rotatable bonds is 4. The average Bonchev–Trinajstić information content (AvgIpc) is 2.86. The van der Waals surface area contributed by atoms with Gasteiger partial charge in [-0.05, 0) is 22.9 Å². The Labute approximate surface area is 166 Å². The summed E-state index contributed by atoms with van der Waals surface area (Å²) in [7, 11) is 4.46. The van der Waals surface area contributed by atoms with Crippen LogP contribution in [0.1, 0.15) is 0 Å². The van der Waals surface area contributed by atoms with Crippen molar-refractivity contribution in [1.82, 2.24) is 4.57 Å². The number of ether oxygens (including phenoxy) is 3. The van der Waals surface area contributed by atoms with Gasteiger partial charge in [0.15, 0.2) is 11.5 Å². The lowest BCUT2D eigenvalue weighted by molar-refractivity contribution is 0.324. The molecule has 4 rings (SSSR count). The average molecular weight is 389 g/mol. The van der Waals surface area contributed by atoms with Crippen LogP contribution in [-0.2, 0) is 0 Å². The fraction of sp³-hybridized carbons (Fsp3) is 0.130. The van der Waals surface area contributed by atoms with Crippen LogP contribution in [0.2, 0.25) is 0 Å². The molecule has 3 aromatic carbocycles. The first kappa shape index (κ1) is 18.6. The van der Waals surface area contributed by atoms with E-state index in [9.17, 15) is 9.59 Å². The Morgan fingerprint density at radius 2 is 1.03 bits per heavy atom. The maximum Gasteiger partial charge on any atom is 0.265 e. The summed E-state index contributed by atoms with van der Waals surface area (Å²) in [5.41, 5.74) is -0.506. The van der Waals surface area contributed by atoms with E-state index in [1.165, 1.54) is 21.3 Å². The molecule has 0 fully saturated rings. The zero-order valence-corrected chi connectivity index (χ0v) is 16.3. The molecule has 0 bridgehead atoms. The molecular formula is C23H19NO5. The summed E-state index contributed by atoms with van der Waals surface area (Å²) in [4.78, 5) is 26.9. The van der Waals surface area contributed by atoms with Gasteiger partial charge in [0, 0.05) is 22.9 Å². The number of fused-ring (bicyclic) bond motifs is 3. The number of aromatic nitrogens is 1. The largest absolute Gasteiger partial charge is 0.493 e. The molecule has 1 aromatic heterocycles. The van der Waals surface area contributed by atoms with E-state index in [1.54, 1.807) is 36.4 Å². The third-order valence-corrected chi connectivity index (χ3v) is 4.92. The standard InChI is InChI=1S/C23H19NO5/c1-27-19-12-14(13-20(28-2)21(19)29-3)24-22(25)17-10-6-4-8-15(17)16-9-5-7-11-18(16)23(24)26/h4-13H,1-3H3.